The van der Waals surface area contributed by atoms with Crippen molar-refractivity contribution in [1.82, 2.24) is 19.8 Å². The zero-order valence-corrected chi connectivity index (χ0v) is 16.7. The van der Waals surface area contributed by atoms with Crippen molar-refractivity contribution < 1.29 is 14.0 Å². The van der Waals surface area contributed by atoms with Crippen LogP contribution in [0.3, 0.4) is 0 Å². The molecule has 146 valence electrons. The van der Waals surface area contributed by atoms with Crippen molar-refractivity contribution in [3.8, 4) is 0 Å². The summed E-state index contributed by atoms with van der Waals surface area (Å²) in [4.78, 5) is 30.4. The Hall–Kier alpha value is -2.65. The van der Waals surface area contributed by atoms with Gasteiger partial charge in [0, 0.05) is 38.4 Å². The van der Waals surface area contributed by atoms with E-state index < -0.39 is 0 Å². The molecular weight excluding hydrogens is 396 g/mol. The second kappa shape index (κ2) is 10.0. The number of imidazole rings is 1. The Morgan fingerprint density at radius 1 is 1.39 bits per heavy atom. The van der Waals surface area contributed by atoms with E-state index in [-0.39, 0.29) is 24.8 Å². The zero-order valence-electron chi connectivity index (χ0n) is 15.1. The molecule has 1 aliphatic rings. The van der Waals surface area contributed by atoms with Gasteiger partial charge in [-0.3, -0.25) is 14.5 Å². The molecule has 2 aromatic heterocycles. The van der Waals surface area contributed by atoms with Crippen molar-refractivity contribution >= 4 is 46.2 Å². The van der Waals surface area contributed by atoms with Crippen LogP contribution in [-0.4, -0.2) is 43.7 Å². The van der Waals surface area contributed by atoms with Gasteiger partial charge in [-0.25, -0.2) is 4.98 Å². The molecule has 1 aliphatic heterocycles. The number of nitrogens with one attached hydrogen (secondary N) is 1. The van der Waals surface area contributed by atoms with Crippen molar-refractivity contribution in [2.75, 3.05) is 13.1 Å². The van der Waals surface area contributed by atoms with Crippen LogP contribution in [-0.2, 0) is 16.1 Å². The Balaban J connectivity index is 1.40. The molecule has 1 fully saturated rings. The molecule has 1 N–H and O–H groups in total. The van der Waals surface area contributed by atoms with E-state index in [1.807, 2.05) is 16.8 Å². The monoisotopic (exact) mass is 416 g/mol. The molecule has 3 heterocycles. The lowest BCUT2D eigenvalue weighted by Crippen LogP contribution is -2.34. The quantitative estimate of drug-likeness (QED) is 0.385. The highest BCUT2D eigenvalue weighted by Gasteiger charge is 2.31. The Labute approximate surface area is 172 Å². The first-order valence-corrected chi connectivity index (χ1v) is 10.0. The third kappa shape index (κ3) is 5.67. The molecule has 0 aliphatic carbocycles. The molecule has 1 saturated heterocycles. The van der Waals surface area contributed by atoms with Gasteiger partial charge in [0.15, 0.2) is 0 Å². The van der Waals surface area contributed by atoms with Crippen LogP contribution in [0.15, 0.2) is 58.6 Å². The van der Waals surface area contributed by atoms with E-state index in [2.05, 4.69) is 10.3 Å². The molecular formula is C19H20N4O3S2. The van der Waals surface area contributed by atoms with Gasteiger partial charge in [-0.2, -0.15) is 0 Å². The van der Waals surface area contributed by atoms with E-state index in [4.69, 9.17) is 16.6 Å². The summed E-state index contributed by atoms with van der Waals surface area (Å²) in [5.41, 5.74) is 0. The average molecular weight is 417 g/mol. The van der Waals surface area contributed by atoms with Gasteiger partial charge < -0.3 is 14.3 Å². The predicted octanol–water partition coefficient (Wildman–Crippen LogP) is 2.83. The summed E-state index contributed by atoms with van der Waals surface area (Å²) < 4.78 is 7.63. The van der Waals surface area contributed by atoms with Crippen LogP contribution in [0.4, 0.5) is 0 Å². The summed E-state index contributed by atoms with van der Waals surface area (Å²) in [7, 11) is 0. The average Bonchev–Trinajstić information content (AvgIpc) is 3.42. The lowest BCUT2D eigenvalue weighted by atomic mass is 10.3. The number of hydrogen-bond donors (Lipinski definition) is 1. The number of allylic oxidation sites excluding steroid dienone is 2. The SMILES string of the molecule is O=C(CCN1C(=O)/C(=C\C=C\c2ccco2)SC1=S)NCCCn1ccnc1. The summed E-state index contributed by atoms with van der Waals surface area (Å²) in [5, 5.41) is 2.86. The van der Waals surface area contributed by atoms with E-state index in [0.29, 0.717) is 21.5 Å². The van der Waals surface area contributed by atoms with Crippen molar-refractivity contribution in [2.24, 2.45) is 0 Å². The maximum Gasteiger partial charge on any atom is 0.266 e. The number of nitrogens with zero attached hydrogens (tertiary/aromatic N) is 3. The standard InChI is InChI=1S/C19H20N4O3S2/c24-17(21-8-3-10-22-12-9-20-14-22)7-11-23-18(25)16(28-19(23)27)6-1-4-15-5-2-13-26-15/h1-2,4-6,9,12-14H,3,7-8,10-11H2,(H,21,24)/b4-1+,16-6+. The number of rotatable bonds is 9. The number of carbonyl (C=O) groups is 2. The molecule has 9 heteroatoms. The van der Waals surface area contributed by atoms with Gasteiger partial charge in [0.05, 0.1) is 17.5 Å². The van der Waals surface area contributed by atoms with Crippen LogP contribution in [0.25, 0.3) is 6.08 Å². The summed E-state index contributed by atoms with van der Waals surface area (Å²) >= 11 is 6.51. The lowest BCUT2D eigenvalue weighted by molar-refractivity contribution is -0.123. The number of thioether (sulfide) groups is 1. The van der Waals surface area contributed by atoms with E-state index in [1.54, 1.807) is 43.1 Å². The van der Waals surface area contributed by atoms with Crippen LogP contribution in [0.2, 0.25) is 0 Å². The Morgan fingerprint density at radius 3 is 3.04 bits per heavy atom. The minimum atomic E-state index is -0.174. The Kier molecular flexibility index (Phi) is 7.21. The van der Waals surface area contributed by atoms with Crippen molar-refractivity contribution in [2.45, 2.75) is 19.4 Å². The third-order valence-electron chi connectivity index (χ3n) is 3.96. The van der Waals surface area contributed by atoms with Gasteiger partial charge in [0.2, 0.25) is 5.91 Å². The minimum absolute atomic E-state index is 0.0959. The predicted molar refractivity (Wildman–Crippen MR) is 112 cm³/mol. The number of hydrogen-bond acceptors (Lipinski definition) is 6. The highest BCUT2D eigenvalue weighted by Crippen LogP contribution is 2.31. The summed E-state index contributed by atoms with van der Waals surface area (Å²) in [6, 6.07) is 3.62. The summed E-state index contributed by atoms with van der Waals surface area (Å²) in [6.07, 6.45) is 13.2. The van der Waals surface area contributed by atoms with Gasteiger partial charge in [0.1, 0.15) is 10.1 Å². The molecule has 0 unspecified atom stereocenters. The van der Waals surface area contributed by atoms with Crippen LogP contribution in [0.5, 0.6) is 0 Å². The lowest BCUT2D eigenvalue weighted by Gasteiger charge is -2.14. The fourth-order valence-electron chi connectivity index (χ4n) is 2.53. The van der Waals surface area contributed by atoms with Crippen molar-refractivity contribution in [1.29, 1.82) is 0 Å². The zero-order chi connectivity index (χ0) is 19.8. The number of aryl methyl sites for hydroxylation is 1. The number of furan rings is 1. The van der Waals surface area contributed by atoms with E-state index in [9.17, 15) is 9.59 Å². The number of amides is 2. The van der Waals surface area contributed by atoms with Gasteiger partial charge >= 0.3 is 0 Å². The van der Waals surface area contributed by atoms with Crippen molar-refractivity contribution in [3.63, 3.8) is 0 Å². The maximum absolute atomic E-state index is 12.5. The fourth-order valence-corrected chi connectivity index (χ4v) is 3.79. The second-order valence-corrected chi connectivity index (χ2v) is 7.66. The van der Waals surface area contributed by atoms with E-state index in [0.717, 1.165) is 13.0 Å². The fraction of sp³-hybridized carbons (Fsp3) is 0.263. The first kappa shape index (κ1) is 20.1. The van der Waals surface area contributed by atoms with E-state index in [1.165, 1.54) is 16.7 Å². The van der Waals surface area contributed by atoms with E-state index >= 15 is 0 Å². The van der Waals surface area contributed by atoms with Crippen LogP contribution in [0, 0.1) is 0 Å². The van der Waals surface area contributed by atoms with Gasteiger partial charge in [-0.05, 0) is 30.7 Å². The first-order valence-electron chi connectivity index (χ1n) is 8.81. The molecule has 0 bridgehead atoms. The van der Waals surface area contributed by atoms with Gasteiger partial charge in [0.25, 0.3) is 5.91 Å². The molecule has 0 spiro atoms. The maximum atomic E-state index is 12.5. The summed E-state index contributed by atoms with van der Waals surface area (Å²) in [5.74, 6) is 0.435. The molecule has 2 amide bonds. The summed E-state index contributed by atoms with van der Waals surface area (Å²) in [6.45, 7) is 1.65. The largest absolute Gasteiger partial charge is 0.465 e. The molecule has 28 heavy (non-hydrogen) atoms. The van der Waals surface area contributed by atoms with Crippen LogP contribution < -0.4 is 5.32 Å². The number of thiocarbonyl (C=S) groups is 1. The molecule has 0 radical (unpaired) electrons. The smallest absolute Gasteiger partial charge is 0.266 e. The highest BCUT2D eigenvalue weighted by molar-refractivity contribution is 8.26. The number of aromatic nitrogens is 2. The second-order valence-electron chi connectivity index (χ2n) is 5.98. The Morgan fingerprint density at radius 2 is 2.29 bits per heavy atom. The number of carbonyl (C=O) groups excluding carboxylic acids is 2. The Bertz CT molecular complexity index is 873. The van der Waals surface area contributed by atoms with Crippen LogP contribution >= 0.6 is 24.0 Å². The molecule has 0 saturated carbocycles. The van der Waals surface area contributed by atoms with Gasteiger partial charge in [-0.1, -0.05) is 30.1 Å². The molecule has 0 aromatic carbocycles. The van der Waals surface area contributed by atoms with Gasteiger partial charge in [-0.15, -0.1) is 0 Å². The minimum Gasteiger partial charge on any atom is -0.465 e. The molecule has 3 rings (SSSR count). The normalized spacial score (nSPS) is 15.9. The van der Waals surface area contributed by atoms with Crippen molar-refractivity contribution in [3.05, 3.63) is 59.9 Å². The topological polar surface area (TPSA) is 80.4 Å². The molecule has 7 nitrogen and oxygen atoms in total. The highest BCUT2D eigenvalue weighted by atomic mass is 32.2. The molecule has 0 atom stereocenters. The third-order valence-corrected chi connectivity index (χ3v) is 5.36. The van der Waals surface area contributed by atoms with Crippen LogP contribution in [0.1, 0.15) is 18.6 Å². The molecule has 2 aromatic rings. The first-order chi connectivity index (χ1) is 13.6.